The maximum atomic E-state index is 13.4. The van der Waals surface area contributed by atoms with Crippen molar-refractivity contribution < 1.29 is 32.6 Å². The molecule has 33 heavy (non-hydrogen) atoms. The second-order valence-corrected chi connectivity index (χ2v) is 9.26. The normalized spacial score (nSPS) is 13.2. The summed E-state index contributed by atoms with van der Waals surface area (Å²) in [6, 6.07) is 6.94. The Labute approximate surface area is 193 Å². The van der Waals surface area contributed by atoms with Gasteiger partial charge < -0.3 is 9.84 Å². The number of hydrogen-bond acceptors (Lipinski definition) is 3. The third-order valence-corrected chi connectivity index (χ3v) is 5.89. The van der Waals surface area contributed by atoms with Crippen molar-refractivity contribution in [1.82, 2.24) is 4.57 Å². The number of rotatable bonds is 4. The molecule has 0 amide bonds. The van der Waals surface area contributed by atoms with E-state index in [1.165, 1.54) is 17.7 Å². The number of carboxylic acid groups (broad SMARTS) is 1. The molecule has 2 aromatic carbocycles. The Morgan fingerprint density at radius 1 is 1.09 bits per heavy atom. The Morgan fingerprint density at radius 3 is 2.12 bits per heavy atom. The SMILES string of the molecule is COc1cc2c(C(C(=O)O)C(C)(C)C)c(C)n(C(=O)c3ccc(C(F)(F)F)cc3)c2cc1Cl. The summed E-state index contributed by atoms with van der Waals surface area (Å²) < 4.78 is 45.4. The Morgan fingerprint density at radius 2 is 1.67 bits per heavy atom. The summed E-state index contributed by atoms with van der Waals surface area (Å²) in [4.78, 5) is 25.7. The van der Waals surface area contributed by atoms with E-state index < -0.39 is 34.9 Å². The number of carbonyl (C=O) groups excluding carboxylic acids is 1. The van der Waals surface area contributed by atoms with Crippen molar-refractivity contribution in [2.24, 2.45) is 5.41 Å². The first kappa shape index (κ1) is 24.6. The van der Waals surface area contributed by atoms with Crippen molar-refractivity contribution in [2.75, 3.05) is 7.11 Å². The fourth-order valence-corrected chi connectivity index (χ4v) is 4.32. The number of aromatic nitrogens is 1. The van der Waals surface area contributed by atoms with E-state index in [0.29, 0.717) is 27.9 Å². The van der Waals surface area contributed by atoms with Crippen LogP contribution in [0, 0.1) is 12.3 Å². The Balaban J connectivity index is 2.32. The van der Waals surface area contributed by atoms with Gasteiger partial charge in [-0.05, 0) is 54.3 Å². The highest BCUT2D eigenvalue weighted by molar-refractivity contribution is 6.33. The van der Waals surface area contributed by atoms with Gasteiger partial charge in [0.25, 0.3) is 5.91 Å². The largest absolute Gasteiger partial charge is 0.495 e. The molecule has 0 spiro atoms. The molecular formula is C24H23ClF3NO4. The summed E-state index contributed by atoms with van der Waals surface area (Å²) in [6.07, 6.45) is -4.53. The Hall–Kier alpha value is -3.00. The van der Waals surface area contributed by atoms with E-state index in [1.807, 2.05) is 0 Å². The molecule has 0 bridgehead atoms. The molecule has 5 nitrogen and oxygen atoms in total. The van der Waals surface area contributed by atoms with E-state index in [-0.39, 0.29) is 10.6 Å². The fraction of sp³-hybridized carbons (Fsp3) is 0.333. The van der Waals surface area contributed by atoms with Crippen LogP contribution in [0.4, 0.5) is 13.2 Å². The highest BCUT2D eigenvalue weighted by Crippen LogP contribution is 2.44. The van der Waals surface area contributed by atoms with E-state index in [1.54, 1.807) is 33.8 Å². The van der Waals surface area contributed by atoms with Crippen LogP contribution in [0.25, 0.3) is 10.9 Å². The zero-order chi connectivity index (χ0) is 24.9. The average molecular weight is 482 g/mol. The van der Waals surface area contributed by atoms with Gasteiger partial charge in [-0.25, -0.2) is 0 Å². The van der Waals surface area contributed by atoms with Crippen molar-refractivity contribution in [3.05, 3.63) is 63.8 Å². The van der Waals surface area contributed by atoms with Gasteiger partial charge in [-0.1, -0.05) is 32.4 Å². The first-order valence-electron chi connectivity index (χ1n) is 10.0. The zero-order valence-electron chi connectivity index (χ0n) is 18.7. The molecule has 3 rings (SSSR count). The van der Waals surface area contributed by atoms with E-state index in [2.05, 4.69) is 0 Å². The van der Waals surface area contributed by atoms with Crippen molar-refractivity contribution in [3.8, 4) is 5.75 Å². The van der Waals surface area contributed by atoms with E-state index in [0.717, 1.165) is 24.3 Å². The summed E-state index contributed by atoms with van der Waals surface area (Å²) in [5.41, 5.74) is -0.445. The van der Waals surface area contributed by atoms with Gasteiger partial charge >= 0.3 is 12.1 Å². The highest BCUT2D eigenvalue weighted by atomic mass is 35.5. The number of nitrogens with zero attached hydrogens (tertiary/aromatic N) is 1. The van der Waals surface area contributed by atoms with Gasteiger partial charge in [0, 0.05) is 16.6 Å². The minimum atomic E-state index is -4.53. The molecule has 176 valence electrons. The summed E-state index contributed by atoms with van der Waals surface area (Å²) in [5, 5.41) is 10.7. The summed E-state index contributed by atoms with van der Waals surface area (Å²) in [5.74, 6) is -2.34. The second kappa shape index (κ2) is 8.41. The van der Waals surface area contributed by atoms with Crippen LogP contribution < -0.4 is 4.74 Å². The molecule has 0 saturated heterocycles. The standard InChI is InChI=1S/C24H23ClF3NO4/c1-12-19(20(22(31)32)23(2,3)4)15-10-18(33-5)16(25)11-17(15)29(12)21(30)13-6-8-14(9-7-13)24(26,27)28/h6-11,20H,1-5H3,(H,31,32). The quantitative estimate of drug-likeness (QED) is 0.459. The molecule has 1 atom stereocenters. The lowest BCUT2D eigenvalue weighted by Gasteiger charge is -2.28. The average Bonchev–Trinajstić information content (AvgIpc) is 2.96. The predicted octanol–water partition coefficient (Wildman–Crippen LogP) is 6.53. The molecule has 1 N–H and O–H groups in total. The van der Waals surface area contributed by atoms with Crippen LogP contribution in [0.2, 0.25) is 5.02 Å². The number of carboxylic acids is 1. The Kier molecular flexibility index (Phi) is 6.28. The molecule has 0 aliphatic heterocycles. The van der Waals surface area contributed by atoms with Crippen LogP contribution in [-0.4, -0.2) is 28.7 Å². The number of aliphatic carboxylic acids is 1. The van der Waals surface area contributed by atoms with Crippen LogP contribution in [0.1, 0.15) is 53.9 Å². The number of halogens is 4. The number of alkyl halides is 3. The number of carbonyl (C=O) groups is 2. The van der Waals surface area contributed by atoms with Gasteiger partial charge in [0.15, 0.2) is 0 Å². The van der Waals surface area contributed by atoms with Crippen molar-refractivity contribution >= 4 is 34.4 Å². The monoisotopic (exact) mass is 481 g/mol. The first-order chi connectivity index (χ1) is 15.2. The minimum Gasteiger partial charge on any atom is -0.495 e. The lowest BCUT2D eigenvalue weighted by atomic mass is 9.75. The van der Waals surface area contributed by atoms with Crippen molar-refractivity contribution in [3.63, 3.8) is 0 Å². The molecule has 1 aromatic heterocycles. The summed E-state index contributed by atoms with van der Waals surface area (Å²) in [7, 11) is 1.42. The van der Waals surface area contributed by atoms with E-state index >= 15 is 0 Å². The van der Waals surface area contributed by atoms with Gasteiger partial charge in [0.05, 0.1) is 29.1 Å². The van der Waals surface area contributed by atoms with Crippen LogP contribution in [-0.2, 0) is 11.0 Å². The first-order valence-corrected chi connectivity index (χ1v) is 10.4. The number of methoxy groups -OCH3 is 1. The number of benzene rings is 2. The van der Waals surface area contributed by atoms with Gasteiger partial charge in [0.1, 0.15) is 5.75 Å². The molecule has 1 heterocycles. The molecule has 1 unspecified atom stereocenters. The molecule has 3 aromatic rings. The second-order valence-electron chi connectivity index (χ2n) is 8.86. The van der Waals surface area contributed by atoms with Crippen LogP contribution in [0.15, 0.2) is 36.4 Å². The maximum absolute atomic E-state index is 13.4. The van der Waals surface area contributed by atoms with Crippen molar-refractivity contribution in [2.45, 2.75) is 39.8 Å². The summed E-state index contributed by atoms with van der Waals surface area (Å²) >= 11 is 6.30. The minimum absolute atomic E-state index is 0.0177. The van der Waals surface area contributed by atoms with E-state index in [4.69, 9.17) is 16.3 Å². The molecule has 9 heteroatoms. The maximum Gasteiger partial charge on any atom is 0.416 e. The lowest BCUT2D eigenvalue weighted by molar-refractivity contribution is -0.141. The van der Waals surface area contributed by atoms with Crippen LogP contribution in [0.3, 0.4) is 0 Å². The van der Waals surface area contributed by atoms with E-state index in [9.17, 15) is 27.9 Å². The van der Waals surface area contributed by atoms with Gasteiger partial charge in [-0.15, -0.1) is 0 Å². The third-order valence-electron chi connectivity index (χ3n) is 5.59. The van der Waals surface area contributed by atoms with Crippen molar-refractivity contribution in [1.29, 1.82) is 0 Å². The predicted molar refractivity (Wildman–Crippen MR) is 119 cm³/mol. The van der Waals surface area contributed by atoms with Gasteiger partial charge in [-0.2, -0.15) is 13.2 Å². The Bertz CT molecular complexity index is 1240. The van der Waals surface area contributed by atoms with Gasteiger partial charge in [-0.3, -0.25) is 14.2 Å². The fourth-order valence-electron chi connectivity index (χ4n) is 4.08. The molecule has 0 aliphatic rings. The molecular weight excluding hydrogens is 459 g/mol. The smallest absolute Gasteiger partial charge is 0.416 e. The zero-order valence-corrected chi connectivity index (χ0v) is 19.4. The molecule has 0 radical (unpaired) electrons. The third kappa shape index (κ3) is 4.44. The molecule has 0 saturated carbocycles. The highest BCUT2D eigenvalue weighted by Gasteiger charge is 2.38. The number of fused-ring (bicyclic) bond motifs is 1. The van der Waals surface area contributed by atoms with Gasteiger partial charge in [0.2, 0.25) is 0 Å². The topological polar surface area (TPSA) is 68.5 Å². The lowest BCUT2D eigenvalue weighted by Crippen LogP contribution is -2.27. The number of hydrogen-bond donors (Lipinski definition) is 1. The molecule has 0 aliphatic carbocycles. The number of ether oxygens (including phenoxy) is 1. The molecule has 0 fully saturated rings. The van der Waals surface area contributed by atoms with Crippen LogP contribution in [0.5, 0.6) is 5.75 Å². The van der Waals surface area contributed by atoms with Crippen LogP contribution >= 0.6 is 11.6 Å². The summed E-state index contributed by atoms with van der Waals surface area (Å²) in [6.45, 7) is 6.94.